The number of fused-ring (bicyclic) bond motifs is 1. The van der Waals surface area contributed by atoms with Crippen molar-refractivity contribution < 1.29 is 4.79 Å². The fourth-order valence-electron chi connectivity index (χ4n) is 3.71. The van der Waals surface area contributed by atoms with Crippen LogP contribution in [0.4, 0.5) is 5.13 Å². The molecule has 0 amide bonds. The van der Waals surface area contributed by atoms with Crippen molar-refractivity contribution in [2.75, 3.05) is 24.5 Å². The van der Waals surface area contributed by atoms with Crippen LogP contribution in [0.25, 0.3) is 10.2 Å². The Balaban J connectivity index is 1.47. The fourth-order valence-corrected chi connectivity index (χ4v) is 5.46. The molecular weight excluding hydrogens is 469 g/mol. The molecule has 0 saturated carbocycles. The minimum Gasteiger partial charge on any atom is -0.345 e. The van der Waals surface area contributed by atoms with Crippen LogP contribution in [-0.4, -0.2) is 41.8 Å². The molecule has 27 heavy (non-hydrogen) atoms. The lowest BCUT2D eigenvalue weighted by Gasteiger charge is -2.39. The van der Waals surface area contributed by atoms with Crippen molar-refractivity contribution in [1.82, 2.24) is 9.88 Å². The number of hydrogen-bond acceptors (Lipinski definition) is 5. The van der Waals surface area contributed by atoms with E-state index in [0.717, 1.165) is 54.2 Å². The number of anilines is 1. The first-order valence-electron chi connectivity index (χ1n) is 9.12. The third-order valence-corrected chi connectivity index (χ3v) is 6.81. The number of rotatable bonds is 4. The first-order valence-corrected chi connectivity index (χ1v) is 11.0. The quantitative estimate of drug-likeness (QED) is 0.391. The van der Waals surface area contributed by atoms with Gasteiger partial charge in [-0.3, -0.25) is 9.69 Å². The molecule has 6 heteroatoms. The second-order valence-corrected chi connectivity index (χ2v) is 9.50. The van der Waals surface area contributed by atoms with E-state index in [9.17, 15) is 4.79 Å². The molecule has 4 nitrogen and oxygen atoms in total. The Morgan fingerprint density at radius 3 is 2.89 bits per heavy atom. The number of thiazole rings is 1. The largest absolute Gasteiger partial charge is 0.345 e. The maximum Gasteiger partial charge on any atom is 0.186 e. The lowest BCUT2D eigenvalue weighted by molar-refractivity contribution is 0.112. The lowest BCUT2D eigenvalue weighted by Crippen LogP contribution is -2.51. The molecule has 0 radical (unpaired) electrons. The highest BCUT2D eigenvalue weighted by Gasteiger charge is 2.25. The number of aryl methyl sites for hydroxylation is 1. The Bertz CT molecular complexity index is 987. The molecule has 1 aromatic heterocycles. The van der Waals surface area contributed by atoms with E-state index in [2.05, 4.69) is 63.6 Å². The van der Waals surface area contributed by atoms with E-state index >= 15 is 0 Å². The molecule has 2 aromatic carbocycles. The Labute approximate surface area is 177 Å². The van der Waals surface area contributed by atoms with E-state index in [4.69, 9.17) is 4.98 Å². The second kappa shape index (κ2) is 7.85. The zero-order valence-corrected chi connectivity index (χ0v) is 18.5. The van der Waals surface area contributed by atoms with Gasteiger partial charge in [0.1, 0.15) is 6.29 Å². The molecule has 1 saturated heterocycles. The van der Waals surface area contributed by atoms with Crippen LogP contribution in [-0.2, 0) is 6.54 Å². The lowest BCUT2D eigenvalue weighted by atomic mass is 10.1. The molecule has 140 valence electrons. The fraction of sp³-hybridized carbons (Fsp3) is 0.333. The zero-order chi connectivity index (χ0) is 19.0. The van der Waals surface area contributed by atoms with Crippen molar-refractivity contribution in [3.05, 3.63) is 56.7 Å². The summed E-state index contributed by atoms with van der Waals surface area (Å²) in [6.07, 6.45) is 0.937. The van der Waals surface area contributed by atoms with Crippen molar-refractivity contribution in [2.45, 2.75) is 26.4 Å². The number of carbonyl (C=O) groups is 1. The van der Waals surface area contributed by atoms with Crippen molar-refractivity contribution in [1.29, 1.82) is 0 Å². The average molecular weight is 491 g/mol. The van der Waals surface area contributed by atoms with Crippen LogP contribution in [0.2, 0.25) is 0 Å². The van der Waals surface area contributed by atoms with Gasteiger partial charge in [0.15, 0.2) is 5.13 Å². The summed E-state index contributed by atoms with van der Waals surface area (Å²) in [5, 5.41) is 1.12. The van der Waals surface area contributed by atoms with Gasteiger partial charge in [-0.25, -0.2) is 4.98 Å². The number of hydrogen-bond donors (Lipinski definition) is 0. The molecule has 0 bridgehead atoms. The van der Waals surface area contributed by atoms with Gasteiger partial charge >= 0.3 is 0 Å². The van der Waals surface area contributed by atoms with Gasteiger partial charge in [-0.1, -0.05) is 23.0 Å². The molecular formula is C21H22IN3OS. The summed E-state index contributed by atoms with van der Waals surface area (Å²) in [5.74, 6) is 0. The van der Waals surface area contributed by atoms with Crippen molar-refractivity contribution in [3.63, 3.8) is 0 Å². The van der Waals surface area contributed by atoms with Gasteiger partial charge in [-0.15, -0.1) is 0 Å². The van der Waals surface area contributed by atoms with E-state index in [1.165, 1.54) is 13.8 Å². The van der Waals surface area contributed by atoms with Crippen molar-refractivity contribution in [2.24, 2.45) is 0 Å². The van der Waals surface area contributed by atoms with Gasteiger partial charge in [0.2, 0.25) is 0 Å². The summed E-state index contributed by atoms with van der Waals surface area (Å²) in [4.78, 5) is 20.9. The van der Waals surface area contributed by atoms with Gasteiger partial charge in [0.25, 0.3) is 0 Å². The van der Waals surface area contributed by atoms with E-state index < -0.39 is 0 Å². The normalized spacial score (nSPS) is 18.2. The number of nitrogens with zero attached hydrogens (tertiary/aromatic N) is 3. The van der Waals surface area contributed by atoms with Gasteiger partial charge in [0, 0.05) is 41.4 Å². The number of aromatic nitrogens is 1. The first-order chi connectivity index (χ1) is 13.0. The minimum absolute atomic E-state index is 0.436. The molecule has 0 N–H and O–H groups in total. The van der Waals surface area contributed by atoms with Crippen LogP contribution in [0.1, 0.15) is 28.4 Å². The van der Waals surface area contributed by atoms with Gasteiger partial charge in [0.05, 0.1) is 10.2 Å². The summed E-state index contributed by atoms with van der Waals surface area (Å²) < 4.78 is 2.51. The summed E-state index contributed by atoms with van der Waals surface area (Å²) in [6, 6.07) is 13.0. The number of benzene rings is 2. The predicted octanol–water partition coefficient (Wildman–Crippen LogP) is 4.73. The van der Waals surface area contributed by atoms with Crippen molar-refractivity contribution >= 4 is 55.6 Å². The van der Waals surface area contributed by atoms with Crippen molar-refractivity contribution in [3.8, 4) is 0 Å². The predicted molar refractivity (Wildman–Crippen MR) is 121 cm³/mol. The standard InChI is InChI=1S/C21H22IN3OS/c1-14-7-16(9-17(8-14)13-26)12-24-5-6-25(11-15(24)2)21-23-19-4-3-18(22)10-20(19)27-21/h3-4,7-10,13,15H,5-6,11-12H2,1-2H3/t15-/m1/s1. The number of halogens is 1. The van der Waals surface area contributed by atoms with Crippen LogP contribution < -0.4 is 4.90 Å². The molecule has 4 rings (SSSR count). The maximum absolute atomic E-state index is 11.1. The Morgan fingerprint density at radius 1 is 1.26 bits per heavy atom. The van der Waals surface area contributed by atoms with E-state index in [1.807, 2.05) is 19.1 Å². The molecule has 3 aromatic rings. The summed E-state index contributed by atoms with van der Waals surface area (Å²) in [5.41, 5.74) is 4.21. The zero-order valence-electron chi connectivity index (χ0n) is 15.5. The first kappa shape index (κ1) is 18.8. The van der Waals surface area contributed by atoms with E-state index in [1.54, 1.807) is 11.3 Å². The van der Waals surface area contributed by atoms with Gasteiger partial charge in [-0.05, 0) is 72.3 Å². The molecule has 1 atom stereocenters. The third-order valence-electron chi connectivity index (χ3n) is 5.06. The van der Waals surface area contributed by atoms with Gasteiger partial charge in [-0.2, -0.15) is 0 Å². The SMILES string of the molecule is Cc1cc(C=O)cc(CN2CCN(c3nc4ccc(I)cc4s3)C[C@H]2C)c1. The summed E-state index contributed by atoms with van der Waals surface area (Å²) in [7, 11) is 0. The maximum atomic E-state index is 11.1. The monoisotopic (exact) mass is 491 g/mol. The number of aldehydes is 1. The minimum atomic E-state index is 0.436. The van der Waals surface area contributed by atoms with Crippen LogP contribution in [0, 0.1) is 10.5 Å². The van der Waals surface area contributed by atoms with Crippen LogP contribution >= 0.6 is 33.9 Å². The Hall–Kier alpha value is -1.51. The second-order valence-electron chi connectivity index (χ2n) is 7.24. The average Bonchev–Trinajstić information content (AvgIpc) is 3.06. The molecule has 1 aliphatic rings. The molecule has 0 aliphatic carbocycles. The van der Waals surface area contributed by atoms with E-state index in [-0.39, 0.29) is 0 Å². The number of piperazine rings is 1. The molecule has 0 unspecified atom stereocenters. The molecule has 1 fully saturated rings. The number of carbonyl (C=O) groups excluding carboxylic acids is 1. The Kier molecular flexibility index (Phi) is 5.48. The summed E-state index contributed by atoms with van der Waals surface area (Å²) >= 11 is 4.14. The highest BCUT2D eigenvalue weighted by atomic mass is 127. The van der Waals surface area contributed by atoms with Crippen LogP contribution in [0.3, 0.4) is 0 Å². The molecule has 1 aliphatic heterocycles. The van der Waals surface area contributed by atoms with Crippen LogP contribution in [0.5, 0.6) is 0 Å². The Morgan fingerprint density at radius 2 is 2.11 bits per heavy atom. The van der Waals surface area contributed by atoms with Gasteiger partial charge < -0.3 is 4.90 Å². The highest BCUT2D eigenvalue weighted by molar-refractivity contribution is 14.1. The van der Waals surface area contributed by atoms with Crippen LogP contribution in [0.15, 0.2) is 36.4 Å². The van der Waals surface area contributed by atoms with E-state index in [0.29, 0.717) is 6.04 Å². The summed E-state index contributed by atoms with van der Waals surface area (Å²) in [6.45, 7) is 8.16. The molecule has 2 heterocycles. The third kappa shape index (κ3) is 4.17. The topological polar surface area (TPSA) is 36.4 Å². The molecule has 0 spiro atoms. The smallest absolute Gasteiger partial charge is 0.186 e. The highest BCUT2D eigenvalue weighted by Crippen LogP contribution is 2.31.